The molecule has 0 heterocycles. The maximum absolute atomic E-state index is 11.7. The van der Waals surface area contributed by atoms with Gasteiger partial charge in [0.1, 0.15) is 5.75 Å². The summed E-state index contributed by atoms with van der Waals surface area (Å²) in [5.74, 6) is -0.841. The van der Waals surface area contributed by atoms with Crippen molar-refractivity contribution in [3.63, 3.8) is 0 Å². The smallest absolute Gasteiger partial charge is 0.315 e. The van der Waals surface area contributed by atoms with Gasteiger partial charge in [0.2, 0.25) is 0 Å². The molecule has 2 atom stereocenters. The summed E-state index contributed by atoms with van der Waals surface area (Å²) in [6.07, 6.45) is -0.583. The minimum atomic E-state index is -0.583. The second-order valence-corrected chi connectivity index (χ2v) is 3.52. The van der Waals surface area contributed by atoms with Crippen molar-refractivity contribution in [1.29, 1.82) is 0 Å². The van der Waals surface area contributed by atoms with Crippen molar-refractivity contribution in [3.05, 3.63) is 29.8 Å². The van der Waals surface area contributed by atoms with E-state index in [2.05, 4.69) is 0 Å². The van der Waals surface area contributed by atoms with Gasteiger partial charge in [-0.2, -0.15) is 0 Å². The van der Waals surface area contributed by atoms with Crippen LogP contribution in [0.4, 0.5) is 0 Å². The van der Waals surface area contributed by atoms with E-state index < -0.39 is 18.2 Å². The molecule has 0 saturated heterocycles. The van der Waals surface area contributed by atoms with Crippen molar-refractivity contribution in [2.45, 2.75) is 26.1 Å². The van der Waals surface area contributed by atoms with Gasteiger partial charge in [-0.05, 0) is 19.9 Å². The molecule has 0 aliphatic heterocycles. The van der Waals surface area contributed by atoms with E-state index in [4.69, 9.17) is 9.47 Å². The third kappa shape index (κ3) is 2.97. The molecule has 4 heteroatoms. The molecule has 0 aromatic heterocycles. The highest BCUT2D eigenvalue weighted by Gasteiger charge is 2.21. The Bertz CT molecular complexity index is 362. The molecular formula is C12H16O4. The van der Waals surface area contributed by atoms with E-state index in [1.54, 1.807) is 38.1 Å². The van der Waals surface area contributed by atoms with E-state index in [1.165, 1.54) is 7.11 Å². The molecule has 2 unspecified atom stereocenters. The number of aromatic hydroxyl groups is 1. The number of benzene rings is 1. The normalized spacial score (nSPS) is 14.2. The lowest BCUT2D eigenvalue weighted by Crippen LogP contribution is -2.20. The molecule has 1 rings (SSSR count). The highest BCUT2D eigenvalue weighted by Crippen LogP contribution is 2.26. The Morgan fingerprint density at radius 2 is 1.94 bits per heavy atom. The average molecular weight is 224 g/mol. The van der Waals surface area contributed by atoms with Crippen molar-refractivity contribution in [2.75, 3.05) is 7.11 Å². The quantitative estimate of drug-likeness (QED) is 0.628. The minimum absolute atomic E-state index is 0.0945. The lowest BCUT2D eigenvalue weighted by Gasteiger charge is -2.16. The molecule has 88 valence electrons. The van der Waals surface area contributed by atoms with Crippen LogP contribution in [0.15, 0.2) is 24.3 Å². The maximum atomic E-state index is 11.7. The Balaban J connectivity index is 2.75. The first-order chi connectivity index (χ1) is 7.56. The average Bonchev–Trinajstić information content (AvgIpc) is 2.28. The van der Waals surface area contributed by atoms with Crippen molar-refractivity contribution in [1.82, 2.24) is 0 Å². The second-order valence-electron chi connectivity index (χ2n) is 3.52. The molecular weight excluding hydrogens is 208 g/mol. The van der Waals surface area contributed by atoms with Crippen LogP contribution in [-0.2, 0) is 14.3 Å². The molecule has 0 spiro atoms. The topological polar surface area (TPSA) is 55.8 Å². The summed E-state index contributed by atoms with van der Waals surface area (Å²) < 4.78 is 9.83. The van der Waals surface area contributed by atoms with Gasteiger partial charge in [0.05, 0.1) is 5.92 Å². The molecule has 0 radical (unpaired) electrons. The number of methoxy groups -OCH3 is 1. The van der Waals surface area contributed by atoms with Crippen molar-refractivity contribution in [2.24, 2.45) is 0 Å². The molecule has 1 N–H and O–H groups in total. The van der Waals surface area contributed by atoms with Crippen LogP contribution in [-0.4, -0.2) is 24.5 Å². The summed E-state index contributed by atoms with van der Waals surface area (Å²) in [5, 5.41) is 9.58. The van der Waals surface area contributed by atoms with Gasteiger partial charge in [-0.1, -0.05) is 18.2 Å². The van der Waals surface area contributed by atoms with Crippen LogP contribution >= 0.6 is 0 Å². The molecule has 0 saturated carbocycles. The molecule has 0 amide bonds. The monoisotopic (exact) mass is 224 g/mol. The number of hydrogen-bond donors (Lipinski definition) is 1. The van der Waals surface area contributed by atoms with E-state index in [0.717, 1.165) is 0 Å². The number of phenols is 1. The van der Waals surface area contributed by atoms with Gasteiger partial charge in [0.25, 0.3) is 0 Å². The van der Waals surface area contributed by atoms with Crippen molar-refractivity contribution >= 4 is 5.97 Å². The minimum Gasteiger partial charge on any atom is -0.508 e. The Morgan fingerprint density at radius 1 is 1.31 bits per heavy atom. The summed E-state index contributed by atoms with van der Waals surface area (Å²) >= 11 is 0. The Kier molecular flexibility index (Phi) is 4.31. The van der Waals surface area contributed by atoms with Crippen LogP contribution in [0, 0.1) is 0 Å². The molecule has 0 aliphatic carbocycles. The summed E-state index contributed by atoms with van der Waals surface area (Å²) in [5.41, 5.74) is 0.552. The fraction of sp³-hybridized carbons (Fsp3) is 0.417. The first-order valence-corrected chi connectivity index (χ1v) is 5.07. The standard InChI is InChI=1S/C12H16O4/c1-8(12(14)16-9(2)15-3)10-6-4-5-7-11(10)13/h4-9,13H,1-3H3. The summed E-state index contributed by atoms with van der Waals surface area (Å²) in [6.45, 7) is 3.31. The van der Waals surface area contributed by atoms with Gasteiger partial charge in [-0.25, -0.2) is 0 Å². The van der Waals surface area contributed by atoms with E-state index >= 15 is 0 Å². The fourth-order valence-electron chi connectivity index (χ4n) is 1.29. The summed E-state index contributed by atoms with van der Waals surface area (Å²) in [7, 11) is 1.46. The number of esters is 1. The number of ether oxygens (including phenoxy) is 2. The van der Waals surface area contributed by atoms with E-state index in [0.29, 0.717) is 5.56 Å². The summed E-state index contributed by atoms with van der Waals surface area (Å²) in [6, 6.07) is 6.70. The third-order valence-electron chi connectivity index (χ3n) is 2.37. The number of hydrogen-bond acceptors (Lipinski definition) is 4. The lowest BCUT2D eigenvalue weighted by atomic mass is 10.0. The van der Waals surface area contributed by atoms with Gasteiger partial charge in [-0.3, -0.25) is 4.79 Å². The molecule has 1 aromatic rings. The van der Waals surface area contributed by atoms with E-state index in [1.807, 2.05) is 0 Å². The largest absolute Gasteiger partial charge is 0.508 e. The number of para-hydroxylation sites is 1. The molecule has 0 bridgehead atoms. The van der Waals surface area contributed by atoms with Crippen LogP contribution in [0.5, 0.6) is 5.75 Å². The van der Waals surface area contributed by atoms with Crippen molar-refractivity contribution < 1.29 is 19.4 Å². The van der Waals surface area contributed by atoms with E-state index in [9.17, 15) is 9.90 Å². The predicted molar refractivity (Wildman–Crippen MR) is 59.1 cm³/mol. The first kappa shape index (κ1) is 12.5. The highest BCUT2D eigenvalue weighted by atomic mass is 16.7. The third-order valence-corrected chi connectivity index (χ3v) is 2.37. The zero-order valence-corrected chi connectivity index (χ0v) is 9.64. The van der Waals surface area contributed by atoms with Gasteiger partial charge in [0, 0.05) is 12.7 Å². The number of carbonyl (C=O) groups is 1. The molecule has 4 nitrogen and oxygen atoms in total. The van der Waals surface area contributed by atoms with Gasteiger partial charge in [-0.15, -0.1) is 0 Å². The Hall–Kier alpha value is -1.55. The number of rotatable bonds is 4. The maximum Gasteiger partial charge on any atom is 0.315 e. The predicted octanol–water partition coefficient (Wildman–Crippen LogP) is 2.03. The molecule has 0 fully saturated rings. The zero-order valence-electron chi connectivity index (χ0n) is 9.64. The SMILES string of the molecule is COC(C)OC(=O)C(C)c1ccccc1O. The van der Waals surface area contributed by atoms with Crippen LogP contribution < -0.4 is 0 Å². The molecule has 1 aromatic carbocycles. The van der Waals surface area contributed by atoms with Crippen LogP contribution in [0.3, 0.4) is 0 Å². The van der Waals surface area contributed by atoms with Crippen molar-refractivity contribution in [3.8, 4) is 5.75 Å². The second kappa shape index (κ2) is 5.51. The number of carbonyl (C=O) groups excluding carboxylic acids is 1. The van der Waals surface area contributed by atoms with Crippen LogP contribution in [0.2, 0.25) is 0 Å². The highest BCUT2D eigenvalue weighted by molar-refractivity contribution is 5.78. The fourth-order valence-corrected chi connectivity index (χ4v) is 1.29. The number of phenolic OH excluding ortho intramolecular Hbond substituents is 1. The zero-order chi connectivity index (χ0) is 12.1. The molecule has 16 heavy (non-hydrogen) atoms. The molecule has 0 aliphatic rings. The summed E-state index contributed by atoms with van der Waals surface area (Å²) in [4.78, 5) is 11.7. The van der Waals surface area contributed by atoms with E-state index in [-0.39, 0.29) is 5.75 Å². The Labute approximate surface area is 94.8 Å². The van der Waals surface area contributed by atoms with Gasteiger partial charge in [0.15, 0.2) is 6.29 Å². The Morgan fingerprint density at radius 3 is 2.50 bits per heavy atom. The van der Waals surface area contributed by atoms with Crippen LogP contribution in [0.1, 0.15) is 25.3 Å². The lowest BCUT2D eigenvalue weighted by molar-refractivity contribution is -0.171. The van der Waals surface area contributed by atoms with Gasteiger partial charge < -0.3 is 14.6 Å². The van der Waals surface area contributed by atoms with Gasteiger partial charge >= 0.3 is 5.97 Å². The first-order valence-electron chi connectivity index (χ1n) is 5.07. The van der Waals surface area contributed by atoms with Crippen LogP contribution in [0.25, 0.3) is 0 Å².